The molecule has 1 aliphatic rings. The van der Waals surface area contributed by atoms with Crippen LogP contribution in [-0.2, 0) is 11.3 Å². The Morgan fingerprint density at radius 2 is 2.22 bits per heavy atom. The van der Waals surface area contributed by atoms with Gasteiger partial charge in [0.2, 0.25) is 11.8 Å². The third-order valence-corrected chi connectivity index (χ3v) is 4.52. The fourth-order valence-electron chi connectivity index (χ4n) is 1.97. The number of carbonyl (C=O) groups excluding carboxylic acids is 1. The molecule has 1 aliphatic heterocycles. The van der Waals surface area contributed by atoms with Crippen LogP contribution in [0.5, 0.6) is 5.88 Å². The van der Waals surface area contributed by atoms with E-state index in [0.29, 0.717) is 5.56 Å². The van der Waals surface area contributed by atoms with Gasteiger partial charge in [0.1, 0.15) is 6.04 Å². The van der Waals surface area contributed by atoms with Crippen molar-refractivity contribution < 1.29 is 22.7 Å². The molecule has 128 valence electrons. The van der Waals surface area contributed by atoms with Crippen molar-refractivity contribution >= 4 is 21.8 Å². The van der Waals surface area contributed by atoms with Crippen molar-refractivity contribution in [3.63, 3.8) is 0 Å². The molecule has 10 heteroatoms. The number of hydrogen-bond donors (Lipinski definition) is 3. The molecule has 23 heavy (non-hydrogen) atoms. The molecule has 0 aliphatic carbocycles. The summed E-state index contributed by atoms with van der Waals surface area (Å²) in [4.78, 5) is 15.7. The van der Waals surface area contributed by atoms with Crippen LogP contribution in [0.2, 0.25) is 0 Å². The Morgan fingerprint density at radius 3 is 2.83 bits per heavy atom. The van der Waals surface area contributed by atoms with Gasteiger partial charge in [-0.05, 0) is 18.6 Å². The zero-order valence-electron chi connectivity index (χ0n) is 12.2. The summed E-state index contributed by atoms with van der Waals surface area (Å²) in [5.41, 5.74) is 6.41. The molecular formula is C13H16BrF3N4O2. The van der Waals surface area contributed by atoms with E-state index < -0.39 is 18.8 Å². The van der Waals surface area contributed by atoms with Crippen LogP contribution >= 0.6 is 15.9 Å². The predicted octanol–water partition coefficient (Wildman–Crippen LogP) is 1.27. The van der Waals surface area contributed by atoms with Gasteiger partial charge in [-0.3, -0.25) is 10.2 Å². The second-order valence-corrected chi connectivity index (χ2v) is 6.18. The van der Waals surface area contributed by atoms with Gasteiger partial charge in [0.05, 0.1) is 4.83 Å². The average Bonchev–Trinajstić information content (AvgIpc) is 2.82. The second-order valence-electron chi connectivity index (χ2n) is 5.12. The van der Waals surface area contributed by atoms with Crippen LogP contribution in [0.15, 0.2) is 18.3 Å². The number of nitrogens with zero attached hydrogens (tertiary/aromatic N) is 1. The molecular weight excluding hydrogens is 381 g/mol. The number of hydrazine groups is 1. The normalized spacial score (nSPS) is 24.5. The molecule has 2 rings (SSSR count). The molecule has 0 saturated carbocycles. The van der Waals surface area contributed by atoms with Crippen molar-refractivity contribution in [3.05, 3.63) is 23.9 Å². The van der Waals surface area contributed by atoms with Crippen LogP contribution in [0.3, 0.4) is 0 Å². The summed E-state index contributed by atoms with van der Waals surface area (Å²) in [6.07, 6.45) is -3.09. The van der Waals surface area contributed by atoms with Gasteiger partial charge in [-0.25, -0.2) is 10.4 Å². The molecule has 0 aromatic carbocycles. The van der Waals surface area contributed by atoms with Crippen LogP contribution in [0.25, 0.3) is 0 Å². The number of pyridine rings is 1. The Kier molecular flexibility index (Phi) is 5.82. The van der Waals surface area contributed by atoms with E-state index in [1.165, 1.54) is 12.3 Å². The number of carbonyl (C=O) groups is 1. The van der Waals surface area contributed by atoms with Crippen LogP contribution < -0.4 is 20.9 Å². The Bertz CT molecular complexity index is 558. The minimum atomic E-state index is -4.42. The highest BCUT2D eigenvalue weighted by Crippen LogP contribution is 2.18. The van der Waals surface area contributed by atoms with E-state index in [9.17, 15) is 18.0 Å². The number of aromatic nitrogens is 1. The first-order chi connectivity index (χ1) is 10.8. The maximum absolute atomic E-state index is 12.1. The first kappa shape index (κ1) is 18.0. The van der Waals surface area contributed by atoms with Crippen LogP contribution in [0.4, 0.5) is 13.2 Å². The topological polar surface area (TPSA) is 75.3 Å². The van der Waals surface area contributed by atoms with Crippen molar-refractivity contribution in [1.82, 2.24) is 21.2 Å². The highest BCUT2D eigenvalue weighted by molar-refractivity contribution is 9.09. The summed E-state index contributed by atoms with van der Waals surface area (Å²) in [6, 6.07) is 2.61. The zero-order valence-corrected chi connectivity index (χ0v) is 13.7. The van der Waals surface area contributed by atoms with Crippen molar-refractivity contribution in [2.75, 3.05) is 6.61 Å². The first-order valence-electron chi connectivity index (χ1n) is 6.83. The lowest BCUT2D eigenvalue weighted by molar-refractivity contribution is -0.154. The van der Waals surface area contributed by atoms with Crippen molar-refractivity contribution in [1.29, 1.82) is 0 Å². The Balaban J connectivity index is 1.87. The Labute approximate surface area is 139 Å². The second kappa shape index (κ2) is 7.45. The van der Waals surface area contributed by atoms with Gasteiger partial charge in [0, 0.05) is 24.8 Å². The number of alkyl halides is 4. The number of nitrogens with one attached hydrogen (secondary N) is 3. The van der Waals surface area contributed by atoms with E-state index >= 15 is 0 Å². The summed E-state index contributed by atoms with van der Waals surface area (Å²) in [5, 5.41) is 2.71. The molecule has 1 amide bonds. The molecule has 3 N–H and O–H groups in total. The molecule has 6 nitrogen and oxygen atoms in total. The minimum Gasteiger partial charge on any atom is -0.468 e. The van der Waals surface area contributed by atoms with Gasteiger partial charge >= 0.3 is 6.18 Å². The van der Waals surface area contributed by atoms with Crippen molar-refractivity contribution in [2.45, 2.75) is 36.6 Å². The molecule has 3 unspecified atom stereocenters. The quantitative estimate of drug-likeness (QED) is 0.653. The molecule has 1 aromatic heterocycles. The maximum Gasteiger partial charge on any atom is 0.422 e. The standard InChI is InChI=1S/C13H16BrF3N4O2/c1-7-10(14)11(21-20-7)12(22)19-5-8-2-3-18-9(4-8)23-6-13(15,16)17/h2-4,7,10-11,20-21H,5-6H2,1H3,(H,19,22). The van der Waals surface area contributed by atoms with Gasteiger partial charge in [-0.15, -0.1) is 0 Å². The molecule has 0 radical (unpaired) electrons. The highest BCUT2D eigenvalue weighted by atomic mass is 79.9. The Morgan fingerprint density at radius 1 is 1.48 bits per heavy atom. The summed E-state index contributed by atoms with van der Waals surface area (Å²) in [6.45, 7) is 0.680. The number of rotatable bonds is 5. The molecule has 1 fully saturated rings. The van der Waals surface area contributed by atoms with E-state index in [1.807, 2.05) is 6.92 Å². The predicted molar refractivity (Wildman–Crippen MR) is 79.9 cm³/mol. The van der Waals surface area contributed by atoms with E-state index in [2.05, 4.69) is 41.8 Å². The number of hydrogen-bond acceptors (Lipinski definition) is 5. The van der Waals surface area contributed by atoms with Crippen molar-refractivity contribution in [2.24, 2.45) is 0 Å². The molecule has 1 aromatic rings. The highest BCUT2D eigenvalue weighted by Gasteiger charge is 2.35. The van der Waals surface area contributed by atoms with E-state index in [0.717, 1.165) is 0 Å². The third-order valence-electron chi connectivity index (χ3n) is 3.19. The van der Waals surface area contributed by atoms with Crippen LogP contribution in [-0.4, -0.2) is 40.6 Å². The molecule has 1 saturated heterocycles. The van der Waals surface area contributed by atoms with Gasteiger partial charge in [0.25, 0.3) is 0 Å². The smallest absolute Gasteiger partial charge is 0.422 e. The summed E-state index contributed by atoms with van der Waals surface area (Å²) >= 11 is 3.43. The van der Waals surface area contributed by atoms with Gasteiger partial charge in [-0.1, -0.05) is 15.9 Å². The van der Waals surface area contributed by atoms with Crippen LogP contribution in [0.1, 0.15) is 12.5 Å². The lowest BCUT2D eigenvalue weighted by Gasteiger charge is -2.15. The number of halogens is 4. The lowest BCUT2D eigenvalue weighted by atomic mass is 10.1. The van der Waals surface area contributed by atoms with Gasteiger partial charge < -0.3 is 10.1 Å². The zero-order chi connectivity index (χ0) is 17.0. The number of ether oxygens (including phenoxy) is 1. The van der Waals surface area contributed by atoms with E-state index in [1.54, 1.807) is 6.07 Å². The molecule has 0 bridgehead atoms. The monoisotopic (exact) mass is 396 g/mol. The van der Waals surface area contributed by atoms with E-state index in [4.69, 9.17) is 0 Å². The van der Waals surface area contributed by atoms with E-state index in [-0.39, 0.29) is 29.2 Å². The minimum absolute atomic E-state index is 0.0642. The fraction of sp³-hybridized carbons (Fsp3) is 0.538. The van der Waals surface area contributed by atoms with Gasteiger partial charge in [0.15, 0.2) is 6.61 Å². The first-order valence-corrected chi connectivity index (χ1v) is 7.75. The Hall–Kier alpha value is -1.39. The largest absolute Gasteiger partial charge is 0.468 e. The van der Waals surface area contributed by atoms with Gasteiger partial charge in [-0.2, -0.15) is 13.2 Å². The molecule has 0 spiro atoms. The lowest BCUT2D eigenvalue weighted by Crippen LogP contribution is -2.45. The van der Waals surface area contributed by atoms with Crippen molar-refractivity contribution in [3.8, 4) is 5.88 Å². The summed E-state index contributed by atoms with van der Waals surface area (Å²) in [7, 11) is 0. The third kappa shape index (κ3) is 5.33. The fourth-order valence-corrected chi connectivity index (χ4v) is 2.48. The molecule has 2 heterocycles. The summed E-state index contributed by atoms with van der Waals surface area (Å²) in [5.74, 6) is -0.361. The molecule has 3 atom stereocenters. The maximum atomic E-state index is 12.1. The summed E-state index contributed by atoms with van der Waals surface area (Å²) < 4.78 is 40.9. The van der Waals surface area contributed by atoms with Crippen LogP contribution in [0, 0.1) is 0 Å². The SMILES string of the molecule is CC1NNC(C(=O)NCc2ccnc(OCC(F)(F)F)c2)C1Br. The average molecular weight is 397 g/mol. The number of amides is 1.